The van der Waals surface area contributed by atoms with E-state index in [9.17, 15) is 0 Å². The Hall–Kier alpha value is -1.22. The van der Waals surface area contributed by atoms with E-state index in [1.165, 1.54) is 30.5 Å². The van der Waals surface area contributed by atoms with Gasteiger partial charge in [0.2, 0.25) is 0 Å². The van der Waals surface area contributed by atoms with Gasteiger partial charge in [-0.15, -0.1) is 24.0 Å². The van der Waals surface area contributed by atoms with Crippen LogP contribution in [0.5, 0.6) is 11.5 Å². The summed E-state index contributed by atoms with van der Waals surface area (Å²) in [5.41, 5.74) is 2.39. The summed E-state index contributed by atoms with van der Waals surface area (Å²) in [6.45, 7) is 9.07. The van der Waals surface area contributed by atoms with Gasteiger partial charge in [-0.05, 0) is 69.5 Å². The molecule has 0 radical (unpaired) electrons. The van der Waals surface area contributed by atoms with Crippen LogP contribution in [0.4, 0.5) is 0 Å². The minimum atomic E-state index is 0. The quantitative estimate of drug-likeness (QED) is 0.351. The van der Waals surface area contributed by atoms with E-state index in [1.807, 2.05) is 6.07 Å². The predicted molar refractivity (Wildman–Crippen MR) is 127 cm³/mol. The molecule has 0 bridgehead atoms. The highest BCUT2D eigenvalue weighted by atomic mass is 127. The maximum absolute atomic E-state index is 5.46. The van der Waals surface area contributed by atoms with Gasteiger partial charge in [0.1, 0.15) is 0 Å². The number of guanidine groups is 1. The normalized spacial score (nSPS) is 17.6. The van der Waals surface area contributed by atoms with E-state index >= 15 is 0 Å². The molecule has 1 aromatic rings. The number of nitrogens with zero attached hydrogens (tertiary/aromatic N) is 3. The first-order valence-corrected chi connectivity index (χ1v) is 9.87. The third kappa shape index (κ3) is 6.99. The van der Waals surface area contributed by atoms with Gasteiger partial charge >= 0.3 is 0 Å². The lowest BCUT2D eigenvalue weighted by Gasteiger charge is -2.29. The number of aryl methyl sites for hydroxylation is 1. The number of aliphatic imine (C=N–C) groups is 1. The monoisotopic (exact) mass is 504 g/mol. The molecule has 1 unspecified atom stereocenters. The third-order valence-electron chi connectivity index (χ3n) is 5.17. The van der Waals surface area contributed by atoms with Crippen LogP contribution in [0.1, 0.15) is 30.9 Å². The highest BCUT2D eigenvalue weighted by molar-refractivity contribution is 14.0. The molecule has 1 fully saturated rings. The minimum absolute atomic E-state index is 0. The van der Waals surface area contributed by atoms with Crippen molar-refractivity contribution >= 4 is 29.9 Å². The number of piperidine rings is 1. The summed E-state index contributed by atoms with van der Waals surface area (Å²) in [6, 6.07) is 4.09. The summed E-state index contributed by atoms with van der Waals surface area (Å²) in [7, 11) is 7.63. The fourth-order valence-electron chi connectivity index (χ4n) is 3.63. The highest BCUT2D eigenvalue weighted by Gasteiger charge is 2.18. The number of hydrogen-bond acceptors (Lipinski definition) is 4. The van der Waals surface area contributed by atoms with Crippen molar-refractivity contribution in [2.45, 2.75) is 33.2 Å². The van der Waals surface area contributed by atoms with Gasteiger partial charge < -0.3 is 24.6 Å². The van der Waals surface area contributed by atoms with Gasteiger partial charge in [0, 0.05) is 33.2 Å². The van der Waals surface area contributed by atoms with Crippen molar-refractivity contribution in [1.82, 2.24) is 15.1 Å². The average Bonchev–Trinajstić information content (AvgIpc) is 2.66. The van der Waals surface area contributed by atoms with E-state index < -0.39 is 0 Å². The van der Waals surface area contributed by atoms with Crippen LogP contribution in [0, 0.1) is 12.8 Å². The number of likely N-dealkylation sites (tertiary alicyclic amines) is 1. The topological polar surface area (TPSA) is 49.3 Å². The molecule has 1 atom stereocenters. The van der Waals surface area contributed by atoms with Gasteiger partial charge in [-0.25, -0.2) is 0 Å². The zero-order valence-electron chi connectivity index (χ0n) is 18.2. The second-order valence-electron chi connectivity index (χ2n) is 7.45. The van der Waals surface area contributed by atoms with E-state index in [-0.39, 0.29) is 24.0 Å². The van der Waals surface area contributed by atoms with Gasteiger partial charge in [-0.3, -0.25) is 4.99 Å². The zero-order valence-corrected chi connectivity index (χ0v) is 20.6. The van der Waals surface area contributed by atoms with Crippen molar-refractivity contribution in [2.75, 3.05) is 54.5 Å². The number of nitrogens with one attached hydrogen (secondary N) is 1. The Morgan fingerprint density at radius 1 is 1.29 bits per heavy atom. The van der Waals surface area contributed by atoms with Crippen LogP contribution >= 0.6 is 24.0 Å². The van der Waals surface area contributed by atoms with Crippen LogP contribution in [0.2, 0.25) is 0 Å². The lowest BCUT2D eigenvalue weighted by molar-refractivity contribution is 0.214. The summed E-state index contributed by atoms with van der Waals surface area (Å²) < 4.78 is 10.9. The first-order chi connectivity index (χ1) is 13.0. The Morgan fingerprint density at radius 3 is 2.57 bits per heavy atom. The summed E-state index contributed by atoms with van der Waals surface area (Å²) >= 11 is 0. The molecule has 160 valence electrons. The molecule has 0 aliphatic carbocycles. The number of hydrogen-bond donors (Lipinski definition) is 1. The van der Waals surface area contributed by atoms with Crippen LogP contribution < -0.4 is 14.8 Å². The predicted octanol–water partition coefficient (Wildman–Crippen LogP) is 3.37. The van der Waals surface area contributed by atoms with E-state index in [2.05, 4.69) is 49.1 Å². The van der Waals surface area contributed by atoms with Crippen molar-refractivity contribution < 1.29 is 9.47 Å². The first kappa shape index (κ1) is 24.8. The molecular weight excluding hydrogens is 467 g/mol. The van der Waals surface area contributed by atoms with Gasteiger partial charge in [-0.2, -0.15) is 0 Å². The van der Waals surface area contributed by atoms with Gasteiger partial charge in [0.05, 0.1) is 14.2 Å². The van der Waals surface area contributed by atoms with E-state index in [4.69, 9.17) is 14.5 Å². The zero-order chi connectivity index (χ0) is 19.8. The molecule has 7 heteroatoms. The Balaban J connectivity index is 0.00000392. The SMILES string of the molecule is CCNC(=NCC1CCCN(C)C1)N(C)Cc1cc(OC)c(OC)cc1C.I. The van der Waals surface area contributed by atoms with Crippen molar-refractivity contribution in [1.29, 1.82) is 0 Å². The number of benzene rings is 1. The van der Waals surface area contributed by atoms with Crippen LogP contribution in [0.3, 0.4) is 0 Å². The molecular formula is C21H37IN4O2. The number of methoxy groups -OCH3 is 2. The fourth-order valence-corrected chi connectivity index (χ4v) is 3.63. The second kappa shape index (κ2) is 12.4. The lowest BCUT2D eigenvalue weighted by Crippen LogP contribution is -2.40. The number of halogens is 1. The largest absolute Gasteiger partial charge is 0.493 e. The van der Waals surface area contributed by atoms with E-state index in [0.29, 0.717) is 5.92 Å². The number of ether oxygens (including phenoxy) is 2. The van der Waals surface area contributed by atoms with Crippen molar-refractivity contribution in [2.24, 2.45) is 10.9 Å². The molecule has 1 N–H and O–H groups in total. The molecule has 0 amide bonds. The standard InChI is InChI=1S/C21H36N4O2.HI/c1-7-22-21(23-13-17-9-8-10-24(3)14-17)25(4)15-18-12-20(27-6)19(26-5)11-16(18)2;/h11-12,17H,7-10,13-15H2,1-6H3,(H,22,23);1H. The molecule has 1 saturated heterocycles. The molecule has 28 heavy (non-hydrogen) atoms. The minimum Gasteiger partial charge on any atom is -0.493 e. The first-order valence-electron chi connectivity index (χ1n) is 9.87. The molecule has 1 aliphatic heterocycles. The molecule has 0 saturated carbocycles. The highest BCUT2D eigenvalue weighted by Crippen LogP contribution is 2.30. The summed E-state index contributed by atoms with van der Waals surface area (Å²) in [5, 5.41) is 3.43. The fraction of sp³-hybridized carbons (Fsp3) is 0.667. The Morgan fingerprint density at radius 2 is 1.96 bits per heavy atom. The van der Waals surface area contributed by atoms with Crippen LogP contribution in [-0.2, 0) is 6.54 Å². The van der Waals surface area contributed by atoms with E-state index in [1.54, 1.807) is 14.2 Å². The number of rotatable bonds is 7. The smallest absolute Gasteiger partial charge is 0.193 e. The Labute approximate surface area is 187 Å². The molecule has 0 aromatic heterocycles. The molecule has 2 rings (SSSR count). The maximum atomic E-state index is 5.46. The average molecular weight is 504 g/mol. The van der Waals surface area contributed by atoms with Crippen LogP contribution in [-0.4, -0.2) is 70.3 Å². The molecule has 1 heterocycles. The third-order valence-corrected chi connectivity index (χ3v) is 5.17. The van der Waals surface area contributed by atoms with Crippen molar-refractivity contribution in [3.05, 3.63) is 23.3 Å². The molecule has 0 spiro atoms. The van der Waals surface area contributed by atoms with Crippen LogP contribution in [0.15, 0.2) is 17.1 Å². The lowest BCUT2D eigenvalue weighted by atomic mass is 9.99. The molecule has 1 aliphatic rings. The maximum Gasteiger partial charge on any atom is 0.193 e. The molecule has 6 nitrogen and oxygen atoms in total. The molecule has 1 aromatic carbocycles. The Bertz CT molecular complexity index is 639. The summed E-state index contributed by atoms with van der Waals surface area (Å²) in [6.07, 6.45) is 2.54. The van der Waals surface area contributed by atoms with E-state index in [0.717, 1.165) is 43.6 Å². The Kier molecular flexibility index (Phi) is 11.0. The summed E-state index contributed by atoms with van der Waals surface area (Å²) in [4.78, 5) is 9.52. The van der Waals surface area contributed by atoms with Gasteiger partial charge in [0.15, 0.2) is 17.5 Å². The van der Waals surface area contributed by atoms with Gasteiger partial charge in [0.25, 0.3) is 0 Å². The van der Waals surface area contributed by atoms with Gasteiger partial charge in [-0.1, -0.05) is 0 Å². The van der Waals surface area contributed by atoms with Crippen molar-refractivity contribution in [3.8, 4) is 11.5 Å². The van der Waals surface area contributed by atoms with Crippen molar-refractivity contribution in [3.63, 3.8) is 0 Å². The summed E-state index contributed by atoms with van der Waals surface area (Å²) in [5.74, 6) is 3.13. The second-order valence-corrected chi connectivity index (χ2v) is 7.45. The van der Waals surface area contributed by atoms with Crippen LogP contribution in [0.25, 0.3) is 0 Å².